The molecule has 0 unspecified atom stereocenters. The third-order valence-electron chi connectivity index (χ3n) is 2.74. The lowest BCUT2D eigenvalue weighted by Gasteiger charge is -2.07. The van der Waals surface area contributed by atoms with Crippen LogP contribution in [0.3, 0.4) is 0 Å². The van der Waals surface area contributed by atoms with Crippen molar-refractivity contribution < 1.29 is 9.18 Å². The maximum atomic E-state index is 13.5. The Morgan fingerprint density at radius 3 is 2.90 bits per heavy atom. The Kier molecular flexibility index (Phi) is 4.81. The number of halogens is 2. The van der Waals surface area contributed by atoms with Gasteiger partial charge < -0.3 is 11.1 Å². The zero-order valence-corrected chi connectivity index (χ0v) is 12.2. The third kappa shape index (κ3) is 3.61. The van der Waals surface area contributed by atoms with Crippen LogP contribution in [-0.2, 0) is 13.1 Å². The predicted molar refractivity (Wildman–Crippen MR) is 77.4 cm³/mol. The minimum Gasteiger partial charge on any atom is -0.348 e. The Labute approximate surface area is 124 Å². The number of hydrogen-bond donors (Lipinski definition) is 2. The fraction of sp³-hybridized carbons (Fsp3) is 0.143. The molecular formula is C14H13BrFN3O. The average molecular weight is 338 g/mol. The van der Waals surface area contributed by atoms with Gasteiger partial charge in [-0.15, -0.1) is 0 Å². The van der Waals surface area contributed by atoms with E-state index in [0.717, 1.165) is 4.47 Å². The highest BCUT2D eigenvalue weighted by Gasteiger charge is 2.08. The summed E-state index contributed by atoms with van der Waals surface area (Å²) in [5, 5.41) is 2.67. The SMILES string of the molecule is NCc1cc(C(=O)NCc2cc(Br)ccc2F)ccn1. The van der Waals surface area contributed by atoms with Gasteiger partial charge in [-0.25, -0.2) is 4.39 Å². The smallest absolute Gasteiger partial charge is 0.251 e. The molecule has 6 heteroatoms. The van der Waals surface area contributed by atoms with Crippen LogP contribution < -0.4 is 11.1 Å². The van der Waals surface area contributed by atoms with Gasteiger partial charge in [0.1, 0.15) is 5.82 Å². The van der Waals surface area contributed by atoms with Crippen molar-refractivity contribution in [3.8, 4) is 0 Å². The molecule has 0 bridgehead atoms. The zero-order chi connectivity index (χ0) is 14.5. The van der Waals surface area contributed by atoms with Gasteiger partial charge >= 0.3 is 0 Å². The minimum atomic E-state index is -0.356. The quantitative estimate of drug-likeness (QED) is 0.899. The van der Waals surface area contributed by atoms with Crippen molar-refractivity contribution in [1.29, 1.82) is 0 Å². The molecule has 0 atom stereocenters. The van der Waals surface area contributed by atoms with Crippen molar-refractivity contribution in [1.82, 2.24) is 10.3 Å². The van der Waals surface area contributed by atoms with Crippen molar-refractivity contribution in [2.45, 2.75) is 13.1 Å². The van der Waals surface area contributed by atoms with E-state index >= 15 is 0 Å². The van der Waals surface area contributed by atoms with Crippen LogP contribution >= 0.6 is 15.9 Å². The molecule has 0 saturated carbocycles. The van der Waals surface area contributed by atoms with Gasteiger partial charge in [-0.3, -0.25) is 9.78 Å². The van der Waals surface area contributed by atoms with Crippen molar-refractivity contribution in [3.63, 3.8) is 0 Å². The predicted octanol–water partition coefficient (Wildman–Crippen LogP) is 2.37. The van der Waals surface area contributed by atoms with Crippen LogP contribution in [0.25, 0.3) is 0 Å². The second kappa shape index (κ2) is 6.58. The molecule has 1 amide bonds. The number of nitrogens with two attached hydrogens (primary N) is 1. The number of amides is 1. The molecule has 3 N–H and O–H groups in total. The number of carbonyl (C=O) groups is 1. The molecule has 1 aromatic heterocycles. The molecule has 0 radical (unpaired) electrons. The number of hydrogen-bond acceptors (Lipinski definition) is 3. The summed E-state index contributed by atoms with van der Waals surface area (Å²) in [5.74, 6) is -0.646. The first-order valence-electron chi connectivity index (χ1n) is 5.97. The Morgan fingerprint density at radius 1 is 1.35 bits per heavy atom. The van der Waals surface area contributed by atoms with E-state index < -0.39 is 0 Å². The van der Waals surface area contributed by atoms with Gasteiger partial charge in [0.25, 0.3) is 5.91 Å². The topological polar surface area (TPSA) is 68.0 Å². The van der Waals surface area contributed by atoms with Crippen LogP contribution in [0.5, 0.6) is 0 Å². The number of pyridine rings is 1. The van der Waals surface area contributed by atoms with Gasteiger partial charge in [0.05, 0.1) is 5.69 Å². The van der Waals surface area contributed by atoms with Crippen LogP contribution in [0.4, 0.5) is 4.39 Å². The van der Waals surface area contributed by atoms with Crippen LogP contribution in [0.15, 0.2) is 41.0 Å². The van der Waals surface area contributed by atoms with Crippen LogP contribution in [0, 0.1) is 5.82 Å². The first-order chi connectivity index (χ1) is 9.60. The van der Waals surface area contributed by atoms with Crippen molar-refractivity contribution in [2.24, 2.45) is 5.73 Å². The molecule has 104 valence electrons. The third-order valence-corrected chi connectivity index (χ3v) is 3.23. The van der Waals surface area contributed by atoms with Gasteiger partial charge in [-0.05, 0) is 30.3 Å². The van der Waals surface area contributed by atoms with Crippen molar-refractivity contribution >= 4 is 21.8 Å². The summed E-state index contributed by atoms with van der Waals surface area (Å²) in [7, 11) is 0. The van der Waals surface area contributed by atoms with Crippen LogP contribution in [-0.4, -0.2) is 10.9 Å². The maximum Gasteiger partial charge on any atom is 0.251 e. The fourth-order valence-electron chi connectivity index (χ4n) is 1.69. The summed E-state index contributed by atoms with van der Waals surface area (Å²) in [4.78, 5) is 16.0. The molecule has 0 aliphatic carbocycles. The summed E-state index contributed by atoms with van der Waals surface area (Å²) in [5.41, 5.74) is 6.97. The van der Waals surface area contributed by atoms with Gasteiger partial charge in [0.15, 0.2) is 0 Å². The highest BCUT2D eigenvalue weighted by atomic mass is 79.9. The van der Waals surface area contributed by atoms with E-state index in [1.807, 2.05) is 0 Å². The van der Waals surface area contributed by atoms with E-state index in [2.05, 4.69) is 26.2 Å². The van der Waals surface area contributed by atoms with E-state index in [1.54, 1.807) is 24.3 Å². The van der Waals surface area contributed by atoms with Gasteiger partial charge in [-0.1, -0.05) is 15.9 Å². The lowest BCUT2D eigenvalue weighted by Crippen LogP contribution is -2.23. The van der Waals surface area contributed by atoms with Crippen molar-refractivity contribution in [3.05, 3.63) is 63.6 Å². The van der Waals surface area contributed by atoms with Crippen LogP contribution in [0.2, 0.25) is 0 Å². The number of rotatable bonds is 4. The molecule has 0 saturated heterocycles. The number of aromatic nitrogens is 1. The van der Waals surface area contributed by atoms with E-state index in [9.17, 15) is 9.18 Å². The van der Waals surface area contributed by atoms with Gasteiger partial charge in [0.2, 0.25) is 0 Å². The van der Waals surface area contributed by atoms with Crippen LogP contribution in [0.1, 0.15) is 21.6 Å². The Bertz CT molecular complexity index is 634. The van der Waals surface area contributed by atoms with E-state index in [1.165, 1.54) is 12.3 Å². The van der Waals surface area contributed by atoms with Crippen molar-refractivity contribution in [2.75, 3.05) is 0 Å². The molecule has 0 spiro atoms. The van der Waals surface area contributed by atoms with E-state index in [4.69, 9.17) is 5.73 Å². The maximum absolute atomic E-state index is 13.5. The Balaban J connectivity index is 2.06. The molecule has 2 rings (SSSR count). The second-order valence-electron chi connectivity index (χ2n) is 4.16. The first kappa shape index (κ1) is 14.6. The molecule has 1 heterocycles. The van der Waals surface area contributed by atoms with Gasteiger partial charge in [0, 0.05) is 34.9 Å². The zero-order valence-electron chi connectivity index (χ0n) is 10.6. The molecule has 0 aliphatic heterocycles. The average Bonchev–Trinajstić information content (AvgIpc) is 2.48. The number of nitrogens with one attached hydrogen (secondary N) is 1. The summed E-state index contributed by atoms with van der Waals surface area (Å²) < 4.78 is 14.3. The largest absolute Gasteiger partial charge is 0.348 e. The Morgan fingerprint density at radius 2 is 2.15 bits per heavy atom. The van der Waals surface area contributed by atoms with E-state index in [-0.39, 0.29) is 24.8 Å². The monoisotopic (exact) mass is 337 g/mol. The molecule has 2 aromatic rings. The lowest BCUT2D eigenvalue weighted by molar-refractivity contribution is 0.0950. The summed E-state index contributed by atoms with van der Waals surface area (Å²) in [6.45, 7) is 0.381. The highest BCUT2D eigenvalue weighted by molar-refractivity contribution is 9.10. The lowest BCUT2D eigenvalue weighted by atomic mass is 10.2. The molecule has 1 aromatic carbocycles. The summed E-state index contributed by atoms with van der Waals surface area (Å²) in [6.07, 6.45) is 1.52. The fourth-order valence-corrected chi connectivity index (χ4v) is 2.10. The minimum absolute atomic E-state index is 0.115. The molecule has 0 fully saturated rings. The molecular weight excluding hydrogens is 325 g/mol. The summed E-state index contributed by atoms with van der Waals surface area (Å²) in [6, 6.07) is 7.80. The number of benzene rings is 1. The van der Waals surface area contributed by atoms with Gasteiger partial charge in [-0.2, -0.15) is 0 Å². The Hall–Kier alpha value is -1.79. The standard InChI is InChI=1S/C14H13BrFN3O/c15-11-1-2-13(16)10(5-11)8-19-14(20)9-3-4-18-12(6-9)7-17/h1-6H,7-8,17H2,(H,19,20). The first-order valence-corrected chi connectivity index (χ1v) is 6.76. The van der Waals surface area contributed by atoms with E-state index in [0.29, 0.717) is 16.8 Å². The molecule has 0 aliphatic rings. The molecule has 20 heavy (non-hydrogen) atoms. The summed E-state index contributed by atoms with van der Waals surface area (Å²) >= 11 is 3.27. The second-order valence-corrected chi connectivity index (χ2v) is 5.07. The number of carbonyl (C=O) groups excluding carboxylic acids is 1. The normalized spacial score (nSPS) is 10.3. The highest BCUT2D eigenvalue weighted by Crippen LogP contribution is 2.15. The molecule has 4 nitrogen and oxygen atoms in total. The number of nitrogens with zero attached hydrogens (tertiary/aromatic N) is 1.